The first-order chi connectivity index (χ1) is 8.17. The Kier molecular flexibility index (Phi) is 1.83. The van der Waals surface area contributed by atoms with Crippen molar-refractivity contribution in [3.8, 4) is 0 Å². The molecule has 3 aliphatic carbocycles. The molecule has 0 radical (unpaired) electrons. The van der Waals surface area contributed by atoms with Crippen LogP contribution in [0.5, 0.6) is 0 Å². The molecule has 92 valence electrons. The van der Waals surface area contributed by atoms with E-state index in [1.165, 1.54) is 11.1 Å². The first-order valence-electron chi connectivity index (χ1n) is 6.50. The Morgan fingerprint density at radius 3 is 3.06 bits per heavy atom. The summed E-state index contributed by atoms with van der Waals surface area (Å²) in [5, 5.41) is 10.1. The van der Waals surface area contributed by atoms with Gasteiger partial charge in [-0.2, -0.15) is 0 Å². The van der Waals surface area contributed by atoms with E-state index in [4.69, 9.17) is 9.47 Å². The highest BCUT2D eigenvalue weighted by atomic mass is 16.7. The van der Waals surface area contributed by atoms with Gasteiger partial charge in [-0.15, -0.1) is 0 Å². The van der Waals surface area contributed by atoms with Gasteiger partial charge in [-0.3, -0.25) is 0 Å². The van der Waals surface area contributed by atoms with Gasteiger partial charge in [0, 0.05) is 11.3 Å². The van der Waals surface area contributed by atoms with Gasteiger partial charge in [-0.1, -0.05) is 17.7 Å². The van der Waals surface area contributed by atoms with E-state index in [-0.39, 0.29) is 17.1 Å². The van der Waals surface area contributed by atoms with E-state index in [2.05, 4.69) is 19.1 Å². The second kappa shape index (κ2) is 3.02. The normalized spacial score (nSPS) is 51.6. The molecule has 0 aromatic rings. The molecule has 0 saturated carbocycles. The number of aliphatic hydroxyl groups is 1. The second-order valence-electron chi connectivity index (χ2n) is 5.92. The summed E-state index contributed by atoms with van der Waals surface area (Å²) in [4.78, 5) is 0. The molecule has 0 aromatic heterocycles. The van der Waals surface area contributed by atoms with Gasteiger partial charge in [0.15, 0.2) is 0 Å². The lowest BCUT2D eigenvalue weighted by atomic mass is 9.51. The standard InChI is InChI=1S/C14H18O3/c1-13-4-5-14(13)9(7-16-8-17-14)6-10-11(13)2-3-12(10)15/h4-5,9,12,15H,2-3,6-8H2,1H3/t9-,12+,13?,14?/m0/s1. The highest BCUT2D eigenvalue weighted by Gasteiger charge is 2.63. The molecule has 4 rings (SSSR count). The molecule has 4 atom stereocenters. The van der Waals surface area contributed by atoms with E-state index < -0.39 is 0 Å². The Hall–Kier alpha value is -0.640. The molecule has 1 aliphatic heterocycles. The molecular weight excluding hydrogens is 216 g/mol. The van der Waals surface area contributed by atoms with Crippen LogP contribution < -0.4 is 0 Å². The SMILES string of the molecule is CC12C=CC13OCOC[C@@H]3CC1=C2CC[C@H]1O. The van der Waals surface area contributed by atoms with Gasteiger partial charge >= 0.3 is 0 Å². The molecule has 3 nitrogen and oxygen atoms in total. The monoisotopic (exact) mass is 234 g/mol. The molecule has 1 N–H and O–H groups in total. The molecule has 17 heavy (non-hydrogen) atoms. The topological polar surface area (TPSA) is 38.7 Å². The molecule has 1 spiro atoms. The Bertz CT molecular complexity index is 439. The molecule has 0 amide bonds. The van der Waals surface area contributed by atoms with Gasteiger partial charge < -0.3 is 14.6 Å². The Morgan fingerprint density at radius 2 is 2.29 bits per heavy atom. The fourth-order valence-corrected chi connectivity index (χ4v) is 4.31. The van der Waals surface area contributed by atoms with Crippen molar-refractivity contribution in [1.29, 1.82) is 0 Å². The van der Waals surface area contributed by atoms with E-state index in [0.717, 1.165) is 25.9 Å². The average Bonchev–Trinajstić information content (AvgIpc) is 2.69. The highest BCUT2D eigenvalue weighted by Crippen LogP contribution is 2.63. The van der Waals surface area contributed by atoms with Crippen molar-refractivity contribution < 1.29 is 14.6 Å². The number of fused-ring (bicyclic) bond motifs is 1. The highest BCUT2D eigenvalue weighted by molar-refractivity contribution is 5.49. The van der Waals surface area contributed by atoms with Gasteiger partial charge in [0.05, 0.1) is 12.7 Å². The maximum atomic E-state index is 10.1. The zero-order valence-electron chi connectivity index (χ0n) is 10.1. The minimum atomic E-state index is -0.226. The number of hydrogen-bond acceptors (Lipinski definition) is 3. The van der Waals surface area contributed by atoms with E-state index in [1.54, 1.807) is 0 Å². The van der Waals surface area contributed by atoms with Gasteiger partial charge in [0.25, 0.3) is 0 Å². The van der Waals surface area contributed by atoms with Gasteiger partial charge in [0.1, 0.15) is 12.4 Å². The van der Waals surface area contributed by atoms with Crippen LogP contribution in [0.25, 0.3) is 0 Å². The summed E-state index contributed by atoms with van der Waals surface area (Å²) in [6.45, 7) is 3.42. The molecule has 1 heterocycles. The minimum absolute atomic E-state index is 0.00646. The van der Waals surface area contributed by atoms with E-state index in [1.807, 2.05) is 0 Å². The first-order valence-corrected chi connectivity index (χ1v) is 6.50. The molecule has 0 bridgehead atoms. The predicted molar refractivity (Wildman–Crippen MR) is 62.3 cm³/mol. The van der Waals surface area contributed by atoms with Crippen molar-refractivity contribution in [3.63, 3.8) is 0 Å². The van der Waals surface area contributed by atoms with Crippen LogP contribution in [0.1, 0.15) is 26.2 Å². The van der Waals surface area contributed by atoms with Crippen LogP contribution >= 0.6 is 0 Å². The fourth-order valence-electron chi connectivity index (χ4n) is 4.31. The average molecular weight is 234 g/mol. The van der Waals surface area contributed by atoms with Crippen LogP contribution in [0.4, 0.5) is 0 Å². The van der Waals surface area contributed by atoms with Crippen LogP contribution in [0.15, 0.2) is 23.3 Å². The Balaban J connectivity index is 1.86. The van der Waals surface area contributed by atoms with Crippen molar-refractivity contribution in [2.75, 3.05) is 13.4 Å². The van der Waals surface area contributed by atoms with Crippen LogP contribution in [-0.4, -0.2) is 30.2 Å². The van der Waals surface area contributed by atoms with Crippen molar-refractivity contribution in [3.05, 3.63) is 23.3 Å². The number of ether oxygens (including phenoxy) is 2. The van der Waals surface area contributed by atoms with E-state index in [9.17, 15) is 5.11 Å². The third-order valence-corrected chi connectivity index (χ3v) is 5.33. The third-order valence-electron chi connectivity index (χ3n) is 5.33. The van der Waals surface area contributed by atoms with Gasteiger partial charge in [-0.25, -0.2) is 0 Å². The summed E-state index contributed by atoms with van der Waals surface area (Å²) in [5.41, 5.74) is 2.57. The quantitative estimate of drug-likeness (QED) is 0.649. The smallest absolute Gasteiger partial charge is 0.147 e. The van der Waals surface area contributed by atoms with Crippen LogP contribution in [-0.2, 0) is 9.47 Å². The number of aliphatic hydroxyl groups excluding tert-OH is 1. The fraction of sp³-hybridized carbons (Fsp3) is 0.714. The molecule has 1 fully saturated rings. The summed E-state index contributed by atoms with van der Waals surface area (Å²) in [5.74, 6) is 0.373. The number of rotatable bonds is 0. The zero-order valence-corrected chi connectivity index (χ0v) is 10.1. The lowest BCUT2D eigenvalue weighted by molar-refractivity contribution is -0.245. The zero-order chi connectivity index (χ0) is 11.7. The van der Waals surface area contributed by atoms with Crippen LogP contribution in [0.2, 0.25) is 0 Å². The maximum absolute atomic E-state index is 10.1. The Labute approximate surface area is 101 Å². The summed E-state index contributed by atoms with van der Waals surface area (Å²) >= 11 is 0. The Morgan fingerprint density at radius 1 is 1.41 bits per heavy atom. The largest absolute Gasteiger partial charge is 0.389 e. The first kappa shape index (κ1) is 10.3. The molecular formula is C14H18O3. The minimum Gasteiger partial charge on any atom is -0.389 e. The van der Waals surface area contributed by atoms with Crippen molar-refractivity contribution in [1.82, 2.24) is 0 Å². The third kappa shape index (κ3) is 1.00. The van der Waals surface area contributed by atoms with Crippen LogP contribution in [0.3, 0.4) is 0 Å². The maximum Gasteiger partial charge on any atom is 0.147 e. The van der Waals surface area contributed by atoms with E-state index >= 15 is 0 Å². The number of hydrogen-bond donors (Lipinski definition) is 1. The second-order valence-corrected chi connectivity index (χ2v) is 5.92. The van der Waals surface area contributed by atoms with Crippen molar-refractivity contribution in [2.45, 2.75) is 37.9 Å². The lowest BCUT2D eigenvalue weighted by Crippen LogP contribution is -2.63. The summed E-state index contributed by atoms with van der Waals surface area (Å²) < 4.78 is 11.4. The summed E-state index contributed by atoms with van der Waals surface area (Å²) in [7, 11) is 0. The molecule has 2 unspecified atom stereocenters. The van der Waals surface area contributed by atoms with Crippen molar-refractivity contribution in [2.24, 2.45) is 11.3 Å². The van der Waals surface area contributed by atoms with E-state index in [0.29, 0.717) is 12.7 Å². The van der Waals surface area contributed by atoms with Gasteiger partial charge in [-0.05, 0) is 31.8 Å². The van der Waals surface area contributed by atoms with Gasteiger partial charge in [0.2, 0.25) is 0 Å². The lowest BCUT2D eigenvalue weighted by Gasteiger charge is -2.60. The molecule has 3 heteroatoms. The summed E-state index contributed by atoms with van der Waals surface area (Å²) in [6, 6.07) is 0. The molecule has 1 saturated heterocycles. The molecule has 0 aromatic carbocycles. The van der Waals surface area contributed by atoms with Crippen LogP contribution in [0, 0.1) is 11.3 Å². The summed E-state index contributed by atoms with van der Waals surface area (Å²) in [6.07, 6.45) is 7.10. The van der Waals surface area contributed by atoms with Crippen molar-refractivity contribution >= 4 is 0 Å². The predicted octanol–water partition coefficient (Wildman–Crippen LogP) is 1.78. The molecule has 4 aliphatic rings.